The van der Waals surface area contributed by atoms with Crippen molar-refractivity contribution in [3.05, 3.63) is 24.3 Å². The number of nitrogens with zero attached hydrogens (tertiary/aromatic N) is 1. The van der Waals surface area contributed by atoms with E-state index in [0.29, 0.717) is 45.0 Å². The van der Waals surface area contributed by atoms with Crippen molar-refractivity contribution in [1.82, 2.24) is 4.31 Å². The number of amides is 1. The highest BCUT2D eigenvalue weighted by Gasteiger charge is 2.30. The average Bonchev–Trinajstić information content (AvgIpc) is 3.11. The van der Waals surface area contributed by atoms with Crippen molar-refractivity contribution in [3.63, 3.8) is 0 Å². The number of hydrogen-bond donors (Lipinski definition) is 1. The zero-order valence-corrected chi connectivity index (χ0v) is 13.5. The van der Waals surface area contributed by atoms with E-state index in [-0.39, 0.29) is 10.8 Å². The van der Waals surface area contributed by atoms with Crippen LogP contribution in [0.25, 0.3) is 0 Å². The van der Waals surface area contributed by atoms with Gasteiger partial charge in [0.2, 0.25) is 10.0 Å². The van der Waals surface area contributed by atoms with Crippen molar-refractivity contribution in [2.75, 3.05) is 38.2 Å². The van der Waals surface area contributed by atoms with E-state index in [1.807, 2.05) is 0 Å². The Bertz CT molecular complexity index is 664. The fourth-order valence-corrected chi connectivity index (χ4v) is 4.27. The van der Waals surface area contributed by atoms with Crippen LogP contribution in [0.3, 0.4) is 0 Å². The number of para-hydroxylation sites is 1. The van der Waals surface area contributed by atoms with E-state index in [2.05, 4.69) is 5.32 Å². The molecule has 2 aliphatic rings. The second-order valence-electron chi connectivity index (χ2n) is 5.50. The van der Waals surface area contributed by atoms with Gasteiger partial charge in [0.15, 0.2) is 0 Å². The van der Waals surface area contributed by atoms with Gasteiger partial charge in [0.25, 0.3) is 5.91 Å². The van der Waals surface area contributed by atoms with Gasteiger partial charge in [0, 0.05) is 19.7 Å². The summed E-state index contributed by atoms with van der Waals surface area (Å²) in [6.07, 6.45) is 0.991. The molecule has 0 bridgehead atoms. The SMILES string of the molecule is O=C(Nc1ccccc1S(=O)(=O)N1CCOCC1)[C@@H]1CCCO1. The van der Waals surface area contributed by atoms with E-state index in [4.69, 9.17) is 9.47 Å². The maximum atomic E-state index is 12.8. The smallest absolute Gasteiger partial charge is 0.253 e. The molecule has 2 fully saturated rings. The topological polar surface area (TPSA) is 84.9 Å². The van der Waals surface area contributed by atoms with Crippen LogP contribution in [0.2, 0.25) is 0 Å². The summed E-state index contributed by atoms with van der Waals surface area (Å²) in [6.45, 7) is 1.95. The minimum atomic E-state index is -3.66. The molecule has 1 amide bonds. The summed E-state index contributed by atoms with van der Waals surface area (Å²) < 4.78 is 37.5. The third-order valence-corrected chi connectivity index (χ3v) is 5.91. The summed E-state index contributed by atoms with van der Waals surface area (Å²) in [7, 11) is -3.66. The van der Waals surface area contributed by atoms with Gasteiger partial charge in [-0.3, -0.25) is 4.79 Å². The lowest BCUT2D eigenvalue weighted by Gasteiger charge is -2.27. The predicted molar refractivity (Wildman–Crippen MR) is 83.6 cm³/mol. The number of carbonyl (C=O) groups is 1. The summed E-state index contributed by atoms with van der Waals surface area (Å²) in [5, 5.41) is 2.70. The monoisotopic (exact) mass is 340 g/mol. The number of anilines is 1. The Morgan fingerprint density at radius 3 is 2.61 bits per heavy atom. The first-order chi connectivity index (χ1) is 11.1. The fourth-order valence-electron chi connectivity index (χ4n) is 2.72. The molecule has 126 valence electrons. The Morgan fingerprint density at radius 2 is 1.91 bits per heavy atom. The van der Waals surface area contributed by atoms with Crippen LogP contribution in [0.1, 0.15) is 12.8 Å². The van der Waals surface area contributed by atoms with Crippen molar-refractivity contribution in [3.8, 4) is 0 Å². The van der Waals surface area contributed by atoms with E-state index < -0.39 is 16.1 Å². The number of rotatable bonds is 4. The largest absolute Gasteiger partial charge is 0.379 e. The van der Waals surface area contributed by atoms with Gasteiger partial charge in [-0.1, -0.05) is 12.1 Å². The molecule has 1 atom stereocenters. The third kappa shape index (κ3) is 3.55. The zero-order chi connectivity index (χ0) is 16.3. The van der Waals surface area contributed by atoms with Crippen LogP contribution >= 0.6 is 0 Å². The summed E-state index contributed by atoms with van der Waals surface area (Å²) >= 11 is 0. The molecule has 2 saturated heterocycles. The first-order valence-electron chi connectivity index (χ1n) is 7.68. The number of benzene rings is 1. The van der Waals surface area contributed by atoms with Crippen LogP contribution in [0.4, 0.5) is 5.69 Å². The molecule has 7 nitrogen and oxygen atoms in total. The molecule has 0 aromatic heterocycles. The molecular weight excluding hydrogens is 320 g/mol. The summed E-state index contributed by atoms with van der Waals surface area (Å²) in [4.78, 5) is 12.3. The number of ether oxygens (including phenoxy) is 2. The fraction of sp³-hybridized carbons (Fsp3) is 0.533. The molecule has 2 heterocycles. The van der Waals surface area contributed by atoms with Crippen LogP contribution in [-0.2, 0) is 24.3 Å². The zero-order valence-electron chi connectivity index (χ0n) is 12.7. The lowest BCUT2D eigenvalue weighted by atomic mass is 10.2. The third-order valence-electron chi connectivity index (χ3n) is 3.95. The molecule has 0 unspecified atom stereocenters. The van der Waals surface area contributed by atoms with E-state index >= 15 is 0 Å². The van der Waals surface area contributed by atoms with Gasteiger partial charge < -0.3 is 14.8 Å². The number of morpholine rings is 1. The van der Waals surface area contributed by atoms with Crippen LogP contribution in [0, 0.1) is 0 Å². The number of sulfonamides is 1. The minimum Gasteiger partial charge on any atom is -0.379 e. The molecule has 0 spiro atoms. The first kappa shape index (κ1) is 16.4. The van der Waals surface area contributed by atoms with Crippen LogP contribution < -0.4 is 5.32 Å². The maximum absolute atomic E-state index is 12.8. The highest BCUT2D eigenvalue weighted by atomic mass is 32.2. The Labute approximate surface area is 135 Å². The standard InChI is InChI=1S/C15H20N2O5S/c18-15(13-5-3-9-22-13)16-12-4-1-2-6-14(12)23(19,20)17-7-10-21-11-8-17/h1-2,4,6,13H,3,5,7-11H2,(H,16,18)/t13-/m0/s1. The molecule has 8 heteroatoms. The average molecular weight is 340 g/mol. The normalized spacial score (nSPS) is 22.9. The first-order valence-corrected chi connectivity index (χ1v) is 9.12. The quantitative estimate of drug-likeness (QED) is 0.877. The van der Waals surface area contributed by atoms with E-state index in [9.17, 15) is 13.2 Å². The number of carbonyl (C=O) groups excluding carboxylic acids is 1. The highest BCUT2D eigenvalue weighted by Crippen LogP contribution is 2.26. The molecule has 1 N–H and O–H groups in total. The molecular formula is C15H20N2O5S. The molecule has 1 aromatic rings. The predicted octanol–water partition coefficient (Wildman–Crippen LogP) is 0.825. The summed E-state index contributed by atoms with van der Waals surface area (Å²) in [5.41, 5.74) is 0.291. The van der Waals surface area contributed by atoms with Gasteiger partial charge >= 0.3 is 0 Å². The molecule has 3 rings (SSSR count). The van der Waals surface area contributed by atoms with Crippen molar-refractivity contribution in [2.45, 2.75) is 23.8 Å². The van der Waals surface area contributed by atoms with E-state index in [1.54, 1.807) is 18.2 Å². The molecule has 2 aliphatic heterocycles. The minimum absolute atomic E-state index is 0.105. The Kier molecular flexibility index (Phi) is 4.96. The summed E-state index contributed by atoms with van der Waals surface area (Å²) in [5.74, 6) is -0.299. The van der Waals surface area contributed by atoms with Crippen molar-refractivity contribution in [2.24, 2.45) is 0 Å². The Morgan fingerprint density at radius 1 is 1.17 bits per heavy atom. The molecule has 0 saturated carbocycles. The van der Waals surface area contributed by atoms with Gasteiger partial charge in [0.05, 0.1) is 18.9 Å². The number of nitrogens with one attached hydrogen (secondary N) is 1. The van der Waals surface area contributed by atoms with Gasteiger partial charge in [0.1, 0.15) is 11.0 Å². The Balaban J connectivity index is 1.83. The van der Waals surface area contributed by atoms with Crippen LogP contribution in [-0.4, -0.2) is 57.6 Å². The van der Waals surface area contributed by atoms with E-state index in [0.717, 1.165) is 6.42 Å². The highest BCUT2D eigenvalue weighted by molar-refractivity contribution is 7.89. The lowest BCUT2D eigenvalue weighted by Crippen LogP contribution is -2.41. The molecule has 1 aromatic carbocycles. The van der Waals surface area contributed by atoms with Crippen LogP contribution in [0.15, 0.2) is 29.2 Å². The maximum Gasteiger partial charge on any atom is 0.253 e. The van der Waals surface area contributed by atoms with Gasteiger partial charge in [-0.25, -0.2) is 8.42 Å². The molecule has 0 radical (unpaired) electrons. The van der Waals surface area contributed by atoms with Crippen molar-refractivity contribution >= 4 is 21.6 Å². The second-order valence-corrected chi connectivity index (χ2v) is 7.41. The Hall–Kier alpha value is -1.48. The molecule has 0 aliphatic carbocycles. The summed E-state index contributed by atoms with van der Waals surface area (Å²) in [6, 6.07) is 6.45. The van der Waals surface area contributed by atoms with Crippen LogP contribution in [0.5, 0.6) is 0 Å². The molecule has 23 heavy (non-hydrogen) atoms. The second kappa shape index (κ2) is 6.96. The van der Waals surface area contributed by atoms with E-state index in [1.165, 1.54) is 10.4 Å². The number of hydrogen-bond acceptors (Lipinski definition) is 5. The van der Waals surface area contributed by atoms with Crippen molar-refractivity contribution < 1.29 is 22.7 Å². The van der Waals surface area contributed by atoms with Gasteiger partial charge in [-0.2, -0.15) is 4.31 Å². The van der Waals surface area contributed by atoms with Crippen molar-refractivity contribution in [1.29, 1.82) is 0 Å². The van der Waals surface area contributed by atoms with Gasteiger partial charge in [-0.05, 0) is 25.0 Å². The van der Waals surface area contributed by atoms with Gasteiger partial charge in [-0.15, -0.1) is 0 Å². The lowest BCUT2D eigenvalue weighted by molar-refractivity contribution is -0.124.